The zero-order chi connectivity index (χ0) is 24.1. The van der Waals surface area contributed by atoms with Crippen molar-refractivity contribution in [3.05, 3.63) is 91.0 Å². The van der Waals surface area contributed by atoms with Crippen LogP contribution in [0.1, 0.15) is 0 Å². The summed E-state index contributed by atoms with van der Waals surface area (Å²) in [5, 5.41) is 3.35. The highest BCUT2D eigenvalue weighted by Crippen LogP contribution is 2.28. The van der Waals surface area contributed by atoms with Gasteiger partial charge in [-0.3, -0.25) is 0 Å². The molecule has 0 aliphatic carbocycles. The van der Waals surface area contributed by atoms with Crippen LogP contribution in [0.3, 0.4) is 0 Å². The molecule has 0 atom stereocenters. The molecule has 2 N–H and O–H groups in total. The van der Waals surface area contributed by atoms with Crippen LogP contribution in [0.25, 0.3) is 11.3 Å². The number of anilines is 2. The first-order valence-electron chi connectivity index (χ1n) is 11.3. The van der Waals surface area contributed by atoms with Crippen molar-refractivity contribution in [1.29, 1.82) is 0 Å². The maximum atomic E-state index is 12.9. The van der Waals surface area contributed by atoms with Crippen LogP contribution in [0.4, 0.5) is 11.6 Å². The van der Waals surface area contributed by atoms with Crippen molar-refractivity contribution < 1.29 is 13.2 Å². The Kier molecular flexibility index (Phi) is 6.60. The summed E-state index contributed by atoms with van der Waals surface area (Å²) in [6.45, 7) is 3.83. The minimum absolute atomic E-state index is 0.0670. The Bertz CT molecular complexity index is 1380. The number of hydrogen-bond donors (Lipinski definition) is 2. The lowest BCUT2D eigenvalue weighted by atomic mass is 10.1. The van der Waals surface area contributed by atoms with E-state index < -0.39 is 10.0 Å². The summed E-state index contributed by atoms with van der Waals surface area (Å²) in [7, 11) is -3.86. The number of nitrogens with zero attached hydrogens (tertiary/aromatic N) is 3. The Balaban J connectivity index is 1.44. The van der Waals surface area contributed by atoms with Gasteiger partial charge >= 0.3 is 0 Å². The number of benzene rings is 3. The molecule has 5 rings (SSSR count). The van der Waals surface area contributed by atoms with Crippen molar-refractivity contribution in [3.63, 3.8) is 0 Å². The maximum absolute atomic E-state index is 12.9. The first kappa shape index (κ1) is 22.8. The third kappa shape index (κ3) is 5.59. The van der Waals surface area contributed by atoms with Crippen molar-refractivity contribution in [2.45, 2.75) is 4.90 Å². The van der Waals surface area contributed by atoms with Crippen molar-refractivity contribution in [1.82, 2.24) is 15.3 Å². The molecule has 35 heavy (non-hydrogen) atoms. The fourth-order valence-corrected chi connectivity index (χ4v) is 4.79. The monoisotopic (exact) mass is 487 g/mol. The number of sulfonamides is 1. The molecule has 2 heterocycles. The summed E-state index contributed by atoms with van der Waals surface area (Å²) in [4.78, 5) is 11.2. The maximum Gasteiger partial charge on any atom is 0.264 e. The van der Waals surface area contributed by atoms with Crippen LogP contribution >= 0.6 is 0 Å². The number of hydrogen-bond acceptors (Lipinski definition) is 7. The first-order chi connectivity index (χ1) is 17.1. The van der Waals surface area contributed by atoms with E-state index in [2.05, 4.69) is 24.9 Å². The Morgan fingerprint density at radius 3 is 2.17 bits per heavy atom. The molecule has 0 saturated carbocycles. The van der Waals surface area contributed by atoms with Gasteiger partial charge in [0.1, 0.15) is 5.75 Å². The van der Waals surface area contributed by atoms with Gasteiger partial charge in [-0.05, 0) is 36.4 Å². The molecule has 1 aromatic heterocycles. The molecule has 0 radical (unpaired) electrons. The van der Waals surface area contributed by atoms with Gasteiger partial charge in [0.05, 0.1) is 10.6 Å². The normalized spacial score (nSPS) is 13.9. The average molecular weight is 488 g/mol. The molecular weight excluding hydrogens is 462 g/mol. The second-order valence-electron chi connectivity index (χ2n) is 8.03. The number of aromatic nitrogens is 2. The Labute approximate surface area is 204 Å². The molecule has 1 saturated heterocycles. The minimum atomic E-state index is -3.86. The van der Waals surface area contributed by atoms with Gasteiger partial charge in [0.25, 0.3) is 10.0 Å². The largest absolute Gasteiger partial charge is 0.439 e. The van der Waals surface area contributed by atoms with E-state index in [-0.39, 0.29) is 16.7 Å². The third-order valence-electron chi connectivity index (χ3n) is 5.59. The summed E-state index contributed by atoms with van der Waals surface area (Å²) in [6.07, 6.45) is 0. The Hall–Kier alpha value is -3.95. The van der Waals surface area contributed by atoms with Crippen LogP contribution in [0, 0.1) is 0 Å². The lowest BCUT2D eigenvalue weighted by Gasteiger charge is -2.29. The van der Waals surface area contributed by atoms with Crippen molar-refractivity contribution in [2.24, 2.45) is 0 Å². The summed E-state index contributed by atoms with van der Waals surface area (Å²) in [5.74, 6) is 0.764. The smallest absolute Gasteiger partial charge is 0.264 e. The molecule has 0 amide bonds. The number of rotatable bonds is 7. The molecular formula is C26H25N5O3S. The van der Waals surface area contributed by atoms with Crippen LogP contribution in [-0.2, 0) is 10.0 Å². The van der Waals surface area contributed by atoms with Crippen molar-refractivity contribution in [3.8, 4) is 22.9 Å². The molecule has 1 aliphatic heterocycles. The SMILES string of the molecule is O=S(=O)(Nc1nc(Oc2ccc(N3CCNCC3)cc2)cc(-c2ccccc2)n1)c1ccccc1. The topological polar surface area (TPSA) is 96.5 Å². The van der Waals surface area contributed by atoms with Crippen LogP contribution in [0.5, 0.6) is 11.6 Å². The average Bonchev–Trinajstić information content (AvgIpc) is 2.90. The number of ether oxygens (including phenoxy) is 1. The van der Waals surface area contributed by atoms with Gasteiger partial charge < -0.3 is 15.0 Å². The van der Waals surface area contributed by atoms with E-state index in [0.717, 1.165) is 37.4 Å². The van der Waals surface area contributed by atoms with Crippen LogP contribution < -0.4 is 19.7 Å². The molecule has 4 aromatic rings. The molecule has 3 aromatic carbocycles. The zero-order valence-electron chi connectivity index (χ0n) is 19.0. The van der Waals surface area contributed by atoms with E-state index in [4.69, 9.17) is 4.74 Å². The van der Waals surface area contributed by atoms with E-state index in [1.165, 1.54) is 12.1 Å². The molecule has 9 heteroatoms. The van der Waals surface area contributed by atoms with Gasteiger partial charge in [0.15, 0.2) is 0 Å². The first-order valence-corrected chi connectivity index (χ1v) is 12.8. The second kappa shape index (κ2) is 10.1. The number of nitrogens with one attached hydrogen (secondary N) is 2. The summed E-state index contributed by atoms with van der Waals surface area (Å²) >= 11 is 0. The molecule has 0 unspecified atom stereocenters. The van der Waals surface area contributed by atoms with E-state index in [0.29, 0.717) is 11.4 Å². The van der Waals surface area contributed by atoms with Gasteiger partial charge in [-0.25, -0.2) is 18.1 Å². The van der Waals surface area contributed by atoms with E-state index in [1.54, 1.807) is 24.3 Å². The Morgan fingerprint density at radius 2 is 1.49 bits per heavy atom. The summed E-state index contributed by atoms with van der Waals surface area (Å²) in [5.41, 5.74) is 2.48. The van der Waals surface area contributed by atoms with Crippen molar-refractivity contribution >= 4 is 21.7 Å². The molecule has 0 bridgehead atoms. The summed E-state index contributed by atoms with van der Waals surface area (Å²) < 4.78 is 34.2. The molecule has 1 aliphatic rings. The van der Waals surface area contributed by atoms with Gasteiger partial charge in [-0.15, -0.1) is 0 Å². The lowest BCUT2D eigenvalue weighted by molar-refractivity contribution is 0.463. The lowest BCUT2D eigenvalue weighted by Crippen LogP contribution is -2.43. The zero-order valence-corrected chi connectivity index (χ0v) is 19.8. The fourth-order valence-electron chi connectivity index (χ4n) is 3.83. The molecule has 0 spiro atoms. The van der Waals surface area contributed by atoms with Gasteiger partial charge in [-0.2, -0.15) is 4.98 Å². The predicted molar refractivity (Wildman–Crippen MR) is 136 cm³/mol. The molecule has 1 fully saturated rings. The third-order valence-corrected chi connectivity index (χ3v) is 6.94. The van der Waals surface area contributed by atoms with Crippen LogP contribution in [0.15, 0.2) is 95.9 Å². The second-order valence-corrected chi connectivity index (χ2v) is 9.72. The summed E-state index contributed by atoms with van der Waals surface area (Å²) in [6, 6.07) is 27.1. The van der Waals surface area contributed by atoms with Crippen LogP contribution in [-0.4, -0.2) is 44.6 Å². The van der Waals surface area contributed by atoms with Gasteiger partial charge in [-0.1, -0.05) is 48.5 Å². The minimum Gasteiger partial charge on any atom is -0.439 e. The number of piperazine rings is 1. The van der Waals surface area contributed by atoms with Crippen molar-refractivity contribution in [2.75, 3.05) is 35.8 Å². The van der Waals surface area contributed by atoms with Crippen LogP contribution in [0.2, 0.25) is 0 Å². The quantitative estimate of drug-likeness (QED) is 0.404. The Morgan fingerprint density at radius 1 is 0.829 bits per heavy atom. The fraction of sp³-hybridized carbons (Fsp3) is 0.154. The van der Waals surface area contributed by atoms with Gasteiger partial charge in [0, 0.05) is 43.5 Å². The molecule has 178 valence electrons. The van der Waals surface area contributed by atoms with E-state index in [9.17, 15) is 8.42 Å². The van der Waals surface area contributed by atoms with E-state index in [1.807, 2.05) is 54.6 Å². The highest BCUT2D eigenvalue weighted by Gasteiger charge is 2.18. The standard InChI is InChI=1S/C26H25N5O3S/c32-35(33,23-9-5-2-6-10-23)30-26-28-24(20-7-3-1-4-8-20)19-25(29-26)34-22-13-11-21(12-14-22)31-17-15-27-16-18-31/h1-14,19,27H,15-18H2,(H,28,29,30). The molecule has 8 nitrogen and oxygen atoms in total. The highest BCUT2D eigenvalue weighted by atomic mass is 32.2. The predicted octanol–water partition coefficient (Wildman–Crippen LogP) is 4.15. The highest BCUT2D eigenvalue weighted by molar-refractivity contribution is 7.92. The van der Waals surface area contributed by atoms with E-state index >= 15 is 0 Å². The van der Waals surface area contributed by atoms with Gasteiger partial charge in [0.2, 0.25) is 11.8 Å².